The van der Waals surface area contributed by atoms with Gasteiger partial charge in [0.05, 0.1) is 15.9 Å². The SMILES string of the molecule is CC1(C)CC2=C(C(=O)N1)[C@@](C)(c1cccc(S(C)(=O)=O)c1)c1cccnc1N2. The van der Waals surface area contributed by atoms with Gasteiger partial charge in [-0.1, -0.05) is 18.2 Å². The van der Waals surface area contributed by atoms with Gasteiger partial charge in [-0.25, -0.2) is 13.4 Å². The topological polar surface area (TPSA) is 88.2 Å². The van der Waals surface area contributed by atoms with E-state index in [1.807, 2.05) is 39.0 Å². The molecular weight excluding hydrogens is 374 g/mol. The predicted octanol–water partition coefficient (Wildman–Crippen LogP) is 2.77. The molecule has 6 nitrogen and oxygen atoms in total. The maximum absolute atomic E-state index is 13.2. The highest BCUT2D eigenvalue weighted by atomic mass is 32.2. The van der Waals surface area contributed by atoms with Crippen LogP contribution in [0.4, 0.5) is 5.82 Å². The fraction of sp³-hybridized carbons (Fsp3) is 0.333. The van der Waals surface area contributed by atoms with E-state index in [1.54, 1.807) is 24.4 Å². The zero-order valence-electron chi connectivity index (χ0n) is 16.3. The van der Waals surface area contributed by atoms with Gasteiger partial charge < -0.3 is 10.6 Å². The Kier molecular flexibility index (Phi) is 3.94. The number of nitrogens with one attached hydrogen (secondary N) is 2. The number of aromatic nitrogens is 1. The van der Waals surface area contributed by atoms with Crippen LogP contribution in [-0.2, 0) is 20.0 Å². The third-order valence-electron chi connectivity index (χ3n) is 5.55. The van der Waals surface area contributed by atoms with Crippen LogP contribution in [0.3, 0.4) is 0 Å². The number of nitrogens with zero attached hydrogens (tertiary/aromatic N) is 1. The molecule has 1 amide bonds. The molecule has 3 heterocycles. The van der Waals surface area contributed by atoms with E-state index in [9.17, 15) is 13.2 Å². The molecule has 7 heteroatoms. The molecule has 0 saturated carbocycles. The van der Waals surface area contributed by atoms with Gasteiger partial charge in [0.25, 0.3) is 5.91 Å². The minimum Gasteiger partial charge on any atom is -0.347 e. The van der Waals surface area contributed by atoms with Crippen molar-refractivity contribution in [2.24, 2.45) is 0 Å². The molecular formula is C21H23N3O3S. The van der Waals surface area contributed by atoms with Gasteiger partial charge in [0, 0.05) is 35.7 Å². The molecule has 0 fully saturated rings. The largest absolute Gasteiger partial charge is 0.347 e. The predicted molar refractivity (Wildman–Crippen MR) is 108 cm³/mol. The molecule has 2 aliphatic rings. The fourth-order valence-electron chi connectivity index (χ4n) is 4.24. The number of benzene rings is 1. The van der Waals surface area contributed by atoms with E-state index in [0.29, 0.717) is 17.8 Å². The normalized spacial score (nSPS) is 23.4. The van der Waals surface area contributed by atoms with Crippen LogP contribution in [0.1, 0.15) is 38.3 Å². The maximum Gasteiger partial charge on any atom is 0.250 e. The van der Waals surface area contributed by atoms with Crippen LogP contribution < -0.4 is 10.6 Å². The Labute approximate surface area is 165 Å². The second-order valence-corrected chi connectivity index (χ2v) is 10.3. The molecule has 146 valence electrons. The molecule has 28 heavy (non-hydrogen) atoms. The highest BCUT2D eigenvalue weighted by molar-refractivity contribution is 7.90. The number of carbonyl (C=O) groups is 1. The van der Waals surface area contributed by atoms with E-state index in [1.165, 1.54) is 6.26 Å². The third kappa shape index (κ3) is 2.81. The zero-order chi connectivity index (χ0) is 20.3. The van der Waals surface area contributed by atoms with Crippen LogP contribution in [0.5, 0.6) is 0 Å². The molecule has 1 aromatic heterocycles. The Balaban J connectivity index is 2.02. The lowest BCUT2D eigenvalue weighted by molar-refractivity contribution is -0.120. The van der Waals surface area contributed by atoms with Gasteiger partial charge in [-0.2, -0.15) is 0 Å². The quantitative estimate of drug-likeness (QED) is 0.814. The molecule has 2 aromatic rings. The van der Waals surface area contributed by atoms with Crippen LogP contribution >= 0.6 is 0 Å². The van der Waals surface area contributed by atoms with Crippen molar-refractivity contribution >= 4 is 21.6 Å². The monoisotopic (exact) mass is 397 g/mol. The Morgan fingerprint density at radius 1 is 1.11 bits per heavy atom. The van der Waals surface area contributed by atoms with Crippen molar-refractivity contribution < 1.29 is 13.2 Å². The molecule has 0 spiro atoms. The molecule has 0 bridgehead atoms. The van der Waals surface area contributed by atoms with Crippen LogP contribution in [0.15, 0.2) is 58.8 Å². The molecule has 0 saturated heterocycles. The van der Waals surface area contributed by atoms with E-state index >= 15 is 0 Å². The molecule has 2 N–H and O–H groups in total. The number of fused-ring (bicyclic) bond motifs is 1. The molecule has 1 atom stereocenters. The highest BCUT2D eigenvalue weighted by Crippen LogP contribution is 2.49. The minimum atomic E-state index is -3.38. The number of hydrogen-bond donors (Lipinski definition) is 2. The second kappa shape index (κ2) is 5.91. The summed E-state index contributed by atoms with van der Waals surface area (Å²) in [5.74, 6) is 0.541. The van der Waals surface area contributed by atoms with Crippen LogP contribution in [0.2, 0.25) is 0 Å². The average Bonchev–Trinajstić information content (AvgIpc) is 2.59. The number of rotatable bonds is 2. The van der Waals surface area contributed by atoms with Crippen molar-refractivity contribution in [2.45, 2.75) is 43.0 Å². The highest BCUT2D eigenvalue weighted by Gasteiger charge is 2.48. The Morgan fingerprint density at radius 2 is 1.86 bits per heavy atom. The van der Waals surface area contributed by atoms with Gasteiger partial charge in [-0.05, 0) is 44.5 Å². The number of carbonyl (C=O) groups excluding carboxylic acids is 1. The molecule has 4 rings (SSSR count). The summed E-state index contributed by atoms with van der Waals surface area (Å²) < 4.78 is 24.3. The first kappa shape index (κ1) is 18.7. The lowest BCUT2D eigenvalue weighted by Gasteiger charge is -2.45. The molecule has 2 aliphatic heterocycles. The molecule has 0 aliphatic carbocycles. The van der Waals surface area contributed by atoms with E-state index < -0.39 is 15.3 Å². The van der Waals surface area contributed by atoms with Gasteiger partial charge in [-0.3, -0.25) is 4.79 Å². The van der Waals surface area contributed by atoms with Gasteiger partial charge >= 0.3 is 0 Å². The van der Waals surface area contributed by atoms with Crippen molar-refractivity contribution in [2.75, 3.05) is 11.6 Å². The fourth-order valence-corrected chi connectivity index (χ4v) is 4.91. The average molecular weight is 398 g/mol. The second-order valence-electron chi connectivity index (χ2n) is 8.32. The number of amides is 1. The first-order valence-electron chi connectivity index (χ1n) is 9.12. The number of hydrogen-bond acceptors (Lipinski definition) is 5. The summed E-state index contributed by atoms with van der Waals surface area (Å²) in [7, 11) is -3.38. The summed E-state index contributed by atoms with van der Waals surface area (Å²) in [6, 6.07) is 10.6. The Morgan fingerprint density at radius 3 is 2.57 bits per heavy atom. The number of sulfone groups is 1. The summed E-state index contributed by atoms with van der Waals surface area (Å²) in [6.45, 7) is 5.92. The summed E-state index contributed by atoms with van der Waals surface area (Å²) >= 11 is 0. The molecule has 1 aromatic carbocycles. The van der Waals surface area contributed by atoms with Crippen LogP contribution in [0.25, 0.3) is 0 Å². The van der Waals surface area contributed by atoms with Crippen LogP contribution in [0, 0.1) is 0 Å². The van der Waals surface area contributed by atoms with E-state index in [-0.39, 0.29) is 16.3 Å². The summed E-state index contributed by atoms with van der Waals surface area (Å²) in [5.41, 5.74) is 1.81. The maximum atomic E-state index is 13.2. The van der Waals surface area contributed by atoms with Gasteiger partial charge in [0.2, 0.25) is 0 Å². The van der Waals surface area contributed by atoms with Gasteiger partial charge in [0.1, 0.15) is 5.82 Å². The van der Waals surface area contributed by atoms with Crippen molar-refractivity contribution in [3.8, 4) is 0 Å². The van der Waals surface area contributed by atoms with Crippen molar-refractivity contribution in [3.63, 3.8) is 0 Å². The first-order valence-corrected chi connectivity index (χ1v) is 11.0. The first-order chi connectivity index (χ1) is 13.0. The Bertz CT molecular complexity index is 1140. The summed E-state index contributed by atoms with van der Waals surface area (Å²) in [6.07, 6.45) is 3.52. The smallest absolute Gasteiger partial charge is 0.250 e. The number of anilines is 1. The minimum absolute atomic E-state index is 0.152. The van der Waals surface area contributed by atoms with Gasteiger partial charge in [0.15, 0.2) is 9.84 Å². The van der Waals surface area contributed by atoms with E-state index in [4.69, 9.17) is 0 Å². The van der Waals surface area contributed by atoms with Crippen molar-refractivity contribution in [1.82, 2.24) is 10.3 Å². The van der Waals surface area contributed by atoms with Crippen molar-refractivity contribution in [3.05, 3.63) is 65.0 Å². The lowest BCUT2D eigenvalue weighted by Crippen LogP contribution is -2.54. The summed E-state index contributed by atoms with van der Waals surface area (Å²) in [5, 5.41) is 6.42. The lowest BCUT2D eigenvalue weighted by atomic mass is 9.66. The number of pyridine rings is 1. The Hall–Kier alpha value is -2.67. The van der Waals surface area contributed by atoms with E-state index in [2.05, 4.69) is 15.6 Å². The van der Waals surface area contributed by atoms with E-state index in [0.717, 1.165) is 16.8 Å². The van der Waals surface area contributed by atoms with Crippen LogP contribution in [-0.4, -0.2) is 31.1 Å². The van der Waals surface area contributed by atoms with Gasteiger partial charge in [-0.15, -0.1) is 0 Å². The molecule has 0 unspecified atom stereocenters. The standard InChI is InChI=1S/C21H23N3O3S/c1-20(2)12-16-17(19(25)24-20)21(3,15-9-6-10-22-18(15)23-16)13-7-5-8-14(11-13)28(4,26)27/h5-11H,12H2,1-4H3,(H,22,23)(H,24,25)/t21-/m0/s1. The molecule has 0 radical (unpaired) electrons. The summed E-state index contributed by atoms with van der Waals surface area (Å²) in [4.78, 5) is 17.9. The zero-order valence-corrected chi connectivity index (χ0v) is 17.1. The third-order valence-corrected chi connectivity index (χ3v) is 6.66. The van der Waals surface area contributed by atoms with Crippen molar-refractivity contribution in [1.29, 1.82) is 0 Å².